The van der Waals surface area contributed by atoms with Crippen molar-refractivity contribution >= 4 is 23.2 Å². The van der Waals surface area contributed by atoms with Gasteiger partial charge in [0, 0.05) is 23.2 Å². The zero-order valence-electron chi connectivity index (χ0n) is 16.4. The van der Waals surface area contributed by atoms with Gasteiger partial charge in [-0.15, -0.1) is 0 Å². The molecular weight excluding hydrogens is 364 g/mol. The van der Waals surface area contributed by atoms with Crippen molar-refractivity contribution in [2.75, 3.05) is 0 Å². The Hall–Kier alpha value is -2.41. The number of thiazole rings is 1. The van der Waals surface area contributed by atoms with Crippen LogP contribution in [0.15, 0.2) is 40.5 Å². The standard InChI is InChI=1S/C20H26N2O4S/c1-14-13-27-19(25)21(14)12-17(23)26-15(2)18(24)22(20(3,4)5)11-16-9-7-6-8-10-16/h6-10,13,15H,11-12H2,1-5H3/t15-/m1/s1. The highest BCUT2D eigenvalue weighted by atomic mass is 32.1. The molecule has 0 aliphatic rings. The van der Waals surface area contributed by atoms with Gasteiger partial charge in [0.15, 0.2) is 6.10 Å². The summed E-state index contributed by atoms with van der Waals surface area (Å²) in [6, 6.07) is 9.67. The van der Waals surface area contributed by atoms with Crippen molar-refractivity contribution in [3.63, 3.8) is 0 Å². The van der Waals surface area contributed by atoms with E-state index in [1.165, 1.54) is 4.57 Å². The summed E-state index contributed by atoms with van der Waals surface area (Å²) in [6.45, 7) is 9.37. The van der Waals surface area contributed by atoms with Crippen LogP contribution in [0, 0.1) is 6.92 Å². The molecule has 6 nitrogen and oxygen atoms in total. The third kappa shape index (κ3) is 5.53. The summed E-state index contributed by atoms with van der Waals surface area (Å²) in [5.41, 5.74) is 1.26. The minimum absolute atomic E-state index is 0.194. The number of hydrogen-bond donors (Lipinski definition) is 0. The number of benzene rings is 1. The molecule has 0 unspecified atom stereocenters. The van der Waals surface area contributed by atoms with Crippen molar-refractivity contribution in [3.05, 3.63) is 56.6 Å². The lowest BCUT2D eigenvalue weighted by Crippen LogP contribution is -2.49. The average molecular weight is 391 g/mol. The highest BCUT2D eigenvalue weighted by Crippen LogP contribution is 2.19. The fourth-order valence-corrected chi connectivity index (χ4v) is 3.38. The van der Waals surface area contributed by atoms with Gasteiger partial charge >= 0.3 is 10.8 Å². The molecule has 1 atom stereocenters. The number of ether oxygens (including phenoxy) is 1. The molecule has 0 fully saturated rings. The molecule has 0 aliphatic heterocycles. The molecular formula is C20H26N2O4S. The van der Waals surface area contributed by atoms with E-state index in [9.17, 15) is 14.4 Å². The van der Waals surface area contributed by atoms with Crippen molar-refractivity contribution in [1.29, 1.82) is 0 Å². The minimum Gasteiger partial charge on any atom is -0.451 e. The van der Waals surface area contributed by atoms with Crippen LogP contribution in [0.4, 0.5) is 0 Å². The van der Waals surface area contributed by atoms with Crippen molar-refractivity contribution in [1.82, 2.24) is 9.47 Å². The van der Waals surface area contributed by atoms with E-state index in [1.54, 1.807) is 24.1 Å². The molecule has 0 spiro atoms. The van der Waals surface area contributed by atoms with Gasteiger partial charge in [-0.25, -0.2) is 0 Å². The molecule has 146 valence electrons. The number of carbonyl (C=O) groups is 2. The van der Waals surface area contributed by atoms with Crippen LogP contribution in [0.3, 0.4) is 0 Å². The van der Waals surface area contributed by atoms with Crippen molar-refractivity contribution in [2.45, 2.75) is 59.4 Å². The van der Waals surface area contributed by atoms with Crippen LogP contribution in [0.5, 0.6) is 0 Å². The van der Waals surface area contributed by atoms with Crippen molar-refractivity contribution < 1.29 is 14.3 Å². The molecule has 2 aromatic rings. The van der Waals surface area contributed by atoms with Gasteiger partial charge in [0.1, 0.15) is 6.54 Å². The van der Waals surface area contributed by atoms with Gasteiger partial charge in [-0.2, -0.15) is 0 Å². The third-order valence-corrected chi connectivity index (χ3v) is 5.06. The summed E-state index contributed by atoms with van der Waals surface area (Å²) in [5.74, 6) is -0.873. The summed E-state index contributed by atoms with van der Waals surface area (Å²) in [4.78, 5) is 38.4. The van der Waals surface area contributed by atoms with Crippen LogP contribution in [-0.2, 0) is 27.4 Å². The van der Waals surface area contributed by atoms with Crippen LogP contribution >= 0.6 is 11.3 Å². The van der Waals surface area contributed by atoms with Crippen LogP contribution < -0.4 is 4.87 Å². The van der Waals surface area contributed by atoms with Crippen LogP contribution in [-0.4, -0.2) is 33.0 Å². The van der Waals surface area contributed by atoms with Crippen molar-refractivity contribution in [2.24, 2.45) is 0 Å². The first-order valence-electron chi connectivity index (χ1n) is 8.79. The van der Waals surface area contributed by atoms with E-state index in [4.69, 9.17) is 4.74 Å². The van der Waals surface area contributed by atoms with Gasteiger partial charge in [0.2, 0.25) is 0 Å². The Kier molecular flexibility index (Phi) is 6.59. The van der Waals surface area contributed by atoms with E-state index >= 15 is 0 Å². The molecule has 1 aromatic carbocycles. The zero-order valence-corrected chi connectivity index (χ0v) is 17.2. The van der Waals surface area contributed by atoms with Gasteiger partial charge in [0.25, 0.3) is 5.91 Å². The Labute approximate surface area is 163 Å². The summed E-state index contributed by atoms with van der Waals surface area (Å²) >= 11 is 1.03. The van der Waals surface area contributed by atoms with E-state index in [0.717, 1.165) is 16.9 Å². The number of nitrogens with zero attached hydrogens (tertiary/aromatic N) is 2. The third-order valence-electron chi connectivity index (χ3n) is 4.18. The van der Waals surface area contributed by atoms with Crippen molar-refractivity contribution in [3.8, 4) is 0 Å². The normalized spacial score (nSPS) is 12.5. The Morgan fingerprint density at radius 2 is 1.85 bits per heavy atom. The lowest BCUT2D eigenvalue weighted by atomic mass is 10.0. The van der Waals surface area contributed by atoms with Gasteiger partial charge in [-0.05, 0) is 40.2 Å². The largest absolute Gasteiger partial charge is 0.451 e. The number of hydrogen-bond acceptors (Lipinski definition) is 5. The van der Waals surface area contributed by atoms with Gasteiger partial charge in [0.05, 0.1) is 0 Å². The molecule has 0 aliphatic carbocycles. The van der Waals surface area contributed by atoms with Crippen LogP contribution in [0.2, 0.25) is 0 Å². The molecule has 27 heavy (non-hydrogen) atoms. The number of carbonyl (C=O) groups excluding carboxylic acids is 2. The van der Waals surface area contributed by atoms with E-state index in [-0.39, 0.29) is 17.3 Å². The molecule has 0 N–H and O–H groups in total. The second-order valence-corrected chi connectivity index (χ2v) is 8.26. The quantitative estimate of drug-likeness (QED) is 0.711. The molecule has 2 rings (SSSR count). The van der Waals surface area contributed by atoms with E-state index in [2.05, 4.69) is 0 Å². The Balaban J connectivity index is 2.08. The zero-order chi connectivity index (χ0) is 20.2. The number of esters is 1. The van der Waals surface area contributed by atoms with Gasteiger partial charge in [-0.1, -0.05) is 41.7 Å². The molecule has 0 radical (unpaired) electrons. The van der Waals surface area contributed by atoms with Gasteiger partial charge < -0.3 is 9.64 Å². The average Bonchev–Trinajstić information content (AvgIpc) is 2.91. The minimum atomic E-state index is -0.935. The maximum absolute atomic E-state index is 12.9. The van der Waals surface area contributed by atoms with Crippen LogP contribution in [0.25, 0.3) is 0 Å². The summed E-state index contributed by atoms with van der Waals surface area (Å²) in [6.07, 6.45) is -0.935. The second-order valence-electron chi connectivity index (χ2n) is 7.44. The fourth-order valence-electron chi connectivity index (χ4n) is 2.64. The molecule has 1 heterocycles. The monoisotopic (exact) mass is 390 g/mol. The molecule has 1 amide bonds. The first-order valence-corrected chi connectivity index (χ1v) is 9.67. The maximum atomic E-state index is 12.9. The van der Waals surface area contributed by atoms with E-state index in [0.29, 0.717) is 12.2 Å². The lowest BCUT2D eigenvalue weighted by molar-refractivity contribution is -0.162. The number of aromatic nitrogens is 1. The lowest BCUT2D eigenvalue weighted by Gasteiger charge is -2.37. The highest BCUT2D eigenvalue weighted by Gasteiger charge is 2.31. The predicted molar refractivity (Wildman–Crippen MR) is 106 cm³/mol. The smallest absolute Gasteiger partial charge is 0.326 e. The Bertz CT molecular complexity index is 849. The number of amides is 1. The van der Waals surface area contributed by atoms with E-state index in [1.807, 2.05) is 51.1 Å². The summed E-state index contributed by atoms with van der Waals surface area (Å²) in [7, 11) is 0. The number of aryl methyl sites for hydroxylation is 1. The van der Waals surface area contributed by atoms with Crippen LogP contribution in [0.1, 0.15) is 39.0 Å². The maximum Gasteiger partial charge on any atom is 0.326 e. The summed E-state index contributed by atoms with van der Waals surface area (Å²) < 4.78 is 6.67. The van der Waals surface area contributed by atoms with Gasteiger partial charge in [-0.3, -0.25) is 19.0 Å². The molecule has 0 saturated carbocycles. The Morgan fingerprint density at radius 3 is 2.37 bits per heavy atom. The summed E-state index contributed by atoms with van der Waals surface area (Å²) in [5, 5.41) is 1.69. The molecule has 1 aromatic heterocycles. The SMILES string of the molecule is Cc1csc(=O)n1CC(=O)O[C@H](C)C(=O)N(Cc1ccccc1)C(C)(C)C. The molecule has 0 saturated heterocycles. The number of rotatable bonds is 6. The first kappa shape index (κ1) is 20.9. The predicted octanol–water partition coefficient (Wildman–Crippen LogP) is 2.98. The second kappa shape index (κ2) is 8.52. The molecule has 7 heteroatoms. The molecule has 0 bridgehead atoms. The van der Waals surface area contributed by atoms with E-state index < -0.39 is 17.6 Å². The fraction of sp³-hybridized carbons (Fsp3) is 0.450. The topological polar surface area (TPSA) is 68.6 Å². The first-order chi connectivity index (χ1) is 12.6. The Morgan fingerprint density at radius 1 is 1.22 bits per heavy atom. The highest BCUT2D eigenvalue weighted by molar-refractivity contribution is 7.07.